The van der Waals surface area contributed by atoms with Crippen LogP contribution in [0.3, 0.4) is 0 Å². The highest BCUT2D eigenvalue weighted by Gasteiger charge is 2.32. The van der Waals surface area contributed by atoms with Crippen molar-refractivity contribution in [2.45, 2.75) is 16.3 Å². The smallest absolute Gasteiger partial charge is 0.260 e. The number of nitrogens with one attached hydrogen (secondary N) is 1. The molecule has 1 aliphatic heterocycles. The van der Waals surface area contributed by atoms with Crippen molar-refractivity contribution in [1.29, 1.82) is 0 Å². The first-order chi connectivity index (χ1) is 12.4. The second-order valence-corrected chi connectivity index (χ2v) is 9.60. The van der Waals surface area contributed by atoms with E-state index < -0.39 is 20.0 Å². The summed E-state index contributed by atoms with van der Waals surface area (Å²) < 4.78 is 58.6. The molecule has 1 aromatic heterocycles. The fraction of sp³-hybridized carbons (Fsp3) is 0.400. The molecule has 1 aromatic carbocycles. The Kier molecular flexibility index (Phi) is 5.32. The van der Waals surface area contributed by atoms with Crippen LogP contribution in [-0.4, -0.2) is 68.7 Å². The fourth-order valence-electron chi connectivity index (χ4n) is 2.78. The van der Waals surface area contributed by atoms with Gasteiger partial charge in [0.25, 0.3) is 10.0 Å². The highest BCUT2D eigenvalue weighted by Crippen LogP contribution is 2.23. The number of ether oxygens (including phenoxy) is 1. The monoisotopic (exact) mass is 400 g/mol. The van der Waals surface area contributed by atoms with Crippen LogP contribution in [0.4, 0.5) is 0 Å². The lowest BCUT2D eigenvalue weighted by Crippen LogP contribution is -2.37. The predicted octanol–water partition coefficient (Wildman–Crippen LogP) is 0.504. The molecule has 0 atom stereocenters. The lowest BCUT2D eigenvalue weighted by molar-refractivity contribution is 0.401. The summed E-state index contributed by atoms with van der Waals surface area (Å²) >= 11 is 0. The van der Waals surface area contributed by atoms with E-state index in [4.69, 9.17) is 4.74 Å². The Morgan fingerprint density at radius 3 is 2.35 bits per heavy atom. The Balaban J connectivity index is 1.80. The van der Waals surface area contributed by atoms with Crippen molar-refractivity contribution in [1.82, 2.24) is 18.6 Å². The number of aromatic nitrogens is 2. The summed E-state index contributed by atoms with van der Waals surface area (Å²) in [5, 5.41) is 0.00148. The van der Waals surface area contributed by atoms with Crippen LogP contribution < -0.4 is 4.74 Å². The Labute approximate surface area is 152 Å². The first kappa shape index (κ1) is 18.8. The number of hydrogen-bond acceptors (Lipinski definition) is 6. The van der Waals surface area contributed by atoms with E-state index in [1.165, 1.54) is 40.4 Å². The molecule has 0 bridgehead atoms. The molecule has 1 N–H and O–H groups in total. The zero-order valence-corrected chi connectivity index (χ0v) is 15.8. The molecule has 9 nitrogen and oxygen atoms in total. The van der Waals surface area contributed by atoms with E-state index in [2.05, 4.69) is 9.97 Å². The summed E-state index contributed by atoms with van der Waals surface area (Å²) in [5.41, 5.74) is 0. The molecule has 0 radical (unpaired) electrons. The van der Waals surface area contributed by atoms with E-state index in [0.717, 1.165) is 0 Å². The van der Waals surface area contributed by atoms with Crippen LogP contribution >= 0.6 is 0 Å². The Hall–Kier alpha value is -1.95. The maximum atomic E-state index is 12.9. The van der Waals surface area contributed by atoms with Crippen molar-refractivity contribution in [2.75, 3.05) is 33.3 Å². The van der Waals surface area contributed by atoms with Crippen molar-refractivity contribution < 1.29 is 21.6 Å². The lowest BCUT2D eigenvalue weighted by atomic mass is 10.3. The molecule has 3 rings (SSSR count). The molecule has 1 saturated heterocycles. The van der Waals surface area contributed by atoms with Gasteiger partial charge in [-0.05, 0) is 18.6 Å². The van der Waals surface area contributed by atoms with Gasteiger partial charge in [0.05, 0.1) is 24.5 Å². The predicted molar refractivity (Wildman–Crippen MR) is 93.7 cm³/mol. The molecule has 26 heavy (non-hydrogen) atoms. The van der Waals surface area contributed by atoms with E-state index in [9.17, 15) is 16.8 Å². The first-order valence-electron chi connectivity index (χ1n) is 7.98. The number of rotatable bonds is 5. The normalized spacial score (nSPS) is 17.7. The van der Waals surface area contributed by atoms with Gasteiger partial charge in [-0.15, -0.1) is 0 Å². The van der Waals surface area contributed by atoms with Gasteiger partial charge in [0.15, 0.2) is 5.03 Å². The molecule has 0 amide bonds. The van der Waals surface area contributed by atoms with E-state index >= 15 is 0 Å². The molecule has 1 aliphatic rings. The number of hydrogen-bond donors (Lipinski definition) is 1. The summed E-state index contributed by atoms with van der Waals surface area (Å²) in [6.45, 7) is 0.636. The number of H-pyrrole nitrogens is 1. The minimum Gasteiger partial charge on any atom is -0.497 e. The number of imidazole rings is 1. The van der Waals surface area contributed by atoms with Crippen molar-refractivity contribution >= 4 is 20.0 Å². The molecule has 142 valence electrons. The molecular weight excluding hydrogens is 380 g/mol. The molecule has 0 unspecified atom stereocenters. The molecule has 0 spiro atoms. The number of sulfonamides is 2. The third kappa shape index (κ3) is 3.61. The Morgan fingerprint density at radius 1 is 1.04 bits per heavy atom. The van der Waals surface area contributed by atoms with Crippen LogP contribution in [-0.2, 0) is 20.0 Å². The highest BCUT2D eigenvalue weighted by molar-refractivity contribution is 7.89. The Bertz CT molecular complexity index is 958. The van der Waals surface area contributed by atoms with Crippen LogP contribution in [0.2, 0.25) is 0 Å². The number of benzene rings is 1. The topological polar surface area (TPSA) is 113 Å². The third-order valence-electron chi connectivity index (χ3n) is 4.18. The van der Waals surface area contributed by atoms with Gasteiger partial charge >= 0.3 is 0 Å². The van der Waals surface area contributed by atoms with Crippen LogP contribution in [0.15, 0.2) is 46.7 Å². The molecule has 11 heteroatoms. The first-order valence-corrected chi connectivity index (χ1v) is 10.9. The quantitative estimate of drug-likeness (QED) is 0.782. The van der Waals surface area contributed by atoms with Gasteiger partial charge in [-0.25, -0.2) is 21.8 Å². The second-order valence-electron chi connectivity index (χ2n) is 5.76. The van der Waals surface area contributed by atoms with Gasteiger partial charge in [-0.2, -0.15) is 8.61 Å². The summed E-state index contributed by atoms with van der Waals surface area (Å²) in [4.78, 5) is 6.45. The summed E-state index contributed by atoms with van der Waals surface area (Å²) in [5.74, 6) is 0.448. The van der Waals surface area contributed by atoms with Gasteiger partial charge in [-0.1, -0.05) is 6.07 Å². The van der Waals surface area contributed by atoms with E-state index in [-0.39, 0.29) is 36.1 Å². The minimum absolute atomic E-state index is 0.00148. The third-order valence-corrected chi connectivity index (χ3v) is 7.90. The average Bonchev–Trinajstić information content (AvgIpc) is 3.06. The summed E-state index contributed by atoms with van der Waals surface area (Å²) in [6, 6.07) is 6.24. The summed E-state index contributed by atoms with van der Waals surface area (Å²) in [6.07, 6.45) is 2.94. The van der Waals surface area contributed by atoms with Crippen LogP contribution in [0.1, 0.15) is 6.42 Å². The van der Waals surface area contributed by atoms with Crippen molar-refractivity contribution in [3.63, 3.8) is 0 Å². The zero-order valence-electron chi connectivity index (χ0n) is 14.2. The molecule has 2 heterocycles. The van der Waals surface area contributed by atoms with Gasteiger partial charge in [0.2, 0.25) is 10.0 Å². The largest absolute Gasteiger partial charge is 0.497 e. The number of aromatic amines is 1. The number of methoxy groups -OCH3 is 1. The zero-order chi connectivity index (χ0) is 18.8. The maximum absolute atomic E-state index is 12.9. The SMILES string of the molecule is COc1cccc(S(=O)(=O)N2CCCN(S(=O)(=O)c3cnc[nH]3)CC2)c1. The van der Waals surface area contributed by atoms with Crippen LogP contribution in [0.25, 0.3) is 0 Å². The van der Waals surface area contributed by atoms with Gasteiger partial charge < -0.3 is 9.72 Å². The molecule has 1 fully saturated rings. The van der Waals surface area contributed by atoms with Crippen molar-refractivity contribution in [3.8, 4) is 5.75 Å². The summed E-state index contributed by atoms with van der Waals surface area (Å²) in [7, 11) is -5.97. The molecule has 2 aromatic rings. The van der Waals surface area contributed by atoms with E-state index in [1.807, 2.05) is 0 Å². The standard InChI is InChI=1S/C15H20N4O5S2/c1-24-13-4-2-5-14(10-13)25(20,21)18-6-3-7-19(9-8-18)26(22,23)15-11-16-12-17-15/h2,4-5,10-12H,3,6-9H2,1H3,(H,16,17). The van der Waals surface area contributed by atoms with Gasteiger partial charge in [0, 0.05) is 32.2 Å². The van der Waals surface area contributed by atoms with Crippen molar-refractivity contribution in [2.24, 2.45) is 0 Å². The Morgan fingerprint density at radius 2 is 1.73 bits per heavy atom. The van der Waals surface area contributed by atoms with E-state index in [0.29, 0.717) is 12.2 Å². The van der Waals surface area contributed by atoms with Crippen LogP contribution in [0.5, 0.6) is 5.75 Å². The second kappa shape index (κ2) is 7.35. The number of nitrogens with zero attached hydrogens (tertiary/aromatic N) is 3. The molecule has 0 saturated carbocycles. The molecule has 0 aliphatic carbocycles. The van der Waals surface area contributed by atoms with E-state index in [1.54, 1.807) is 12.1 Å². The fourth-order valence-corrected chi connectivity index (χ4v) is 5.66. The van der Waals surface area contributed by atoms with Crippen molar-refractivity contribution in [3.05, 3.63) is 36.8 Å². The highest BCUT2D eigenvalue weighted by atomic mass is 32.2. The average molecular weight is 400 g/mol. The lowest BCUT2D eigenvalue weighted by Gasteiger charge is -2.21. The molecular formula is C15H20N4O5S2. The minimum atomic E-state index is -3.73. The van der Waals surface area contributed by atoms with Gasteiger partial charge in [0.1, 0.15) is 5.75 Å². The maximum Gasteiger partial charge on any atom is 0.260 e. The van der Waals surface area contributed by atoms with Gasteiger partial charge in [-0.3, -0.25) is 0 Å². The van der Waals surface area contributed by atoms with Crippen LogP contribution in [0, 0.1) is 0 Å².